The lowest BCUT2D eigenvalue weighted by Gasteiger charge is -2.34. The summed E-state index contributed by atoms with van der Waals surface area (Å²) in [5.41, 5.74) is 13.6. The zero-order chi connectivity index (χ0) is 25.4. The maximum atomic E-state index is 14.1. The molecule has 3 N–H and O–H groups in total. The van der Waals surface area contributed by atoms with E-state index in [1.807, 2.05) is 60.5 Å². The number of aryl methyl sites for hydroxylation is 2. The number of nitrogens with zero attached hydrogens (tertiary/aromatic N) is 5. The van der Waals surface area contributed by atoms with Gasteiger partial charge in [0.25, 0.3) is 5.91 Å². The van der Waals surface area contributed by atoms with Gasteiger partial charge >= 0.3 is 0 Å². The van der Waals surface area contributed by atoms with E-state index in [2.05, 4.69) is 21.0 Å². The molecule has 1 amide bonds. The Kier molecular flexibility index (Phi) is 5.84. The average molecular weight is 490 g/mol. The highest BCUT2D eigenvalue weighted by Crippen LogP contribution is 2.35. The van der Waals surface area contributed by atoms with Gasteiger partial charge in [-0.2, -0.15) is 0 Å². The van der Waals surface area contributed by atoms with Crippen LogP contribution >= 0.6 is 0 Å². The molecule has 1 aliphatic rings. The summed E-state index contributed by atoms with van der Waals surface area (Å²) in [6.45, 7) is 2.26. The van der Waals surface area contributed by atoms with Crippen LogP contribution in [0.2, 0.25) is 0 Å². The normalized spacial score (nSPS) is 14.9. The number of anilines is 1. The van der Waals surface area contributed by atoms with Gasteiger partial charge in [-0.1, -0.05) is 12.1 Å². The van der Waals surface area contributed by atoms with Crippen molar-refractivity contribution in [2.75, 3.05) is 5.73 Å². The van der Waals surface area contributed by atoms with Crippen molar-refractivity contribution in [3.05, 3.63) is 101 Å². The molecule has 0 fully saturated rings. The van der Waals surface area contributed by atoms with Crippen LogP contribution in [0.3, 0.4) is 0 Å². The molecule has 8 heteroatoms. The minimum absolute atomic E-state index is 0.117. The molecular weight excluding hydrogens is 462 g/mol. The first-order chi connectivity index (χ1) is 18.1. The van der Waals surface area contributed by atoms with Gasteiger partial charge in [0.2, 0.25) is 0 Å². The number of hydrogen-bond acceptors (Lipinski definition) is 6. The highest BCUT2D eigenvalue weighted by Gasteiger charge is 2.32. The monoisotopic (exact) mass is 489 g/mol. The number of hydrogen-bond donors (Lipinski definition) is 2. The molecule has 184 valence electrons. The molecule has 0 bridgehead atoms. The summed E-state index contributed by atoms with van der Waals surface area (Å²) in [5, 5.41) is 0. The summed E-state index contributed by atoms with van der Waals surface area (Å²) in [6.07, 6.45) is 8.18. The van der Waals surface area contributed by atoms with E-state index in [1.54, 1.807) is 18.5 Å². The van der Waals surface area contributed by atoms with Crippen molar-refractivity contribution in [2.24, 2.45) is 0 Å². The second kappa shape index (κ2) is 9.46. The Hall–Kier alpha value is -4.59. The summed E-state index contributed by atoms with van der Waals surface area (Å²) < 4.78 is 0. The molecule has 5 aromatic heterocycles. The number of pyridine rings is 4. The SMILES string of the molecule is Cc1cc2[nH]c(C(=O)N(Cc3ccc(-c4ccccn4)cn3)C3CCCc4cccnc43)cc2nc1N. The van der Waals surface area contributed by atoms with Crippen LogP contribution in [0.5, 0.6) is 0 Å². The molecule has 1 atom stereocenters. The Balaban J connectivity index is 1.37. The highest BCUT2D eigenvalue weighted by molar-refractivity contribution is 5.97. The van der Waals surface area contributed by atoms with Gasteiger partial charge < -0.3 is 15.6 Å². The average Bonchev–Trinajstić information content (AvgIpc) is 3.35. The Morgan fingerprint density at radius 3 is 2.78 bits per heavy atom. The molecule has 1 aliphatic carbocycles. The molecule has 0 aromatic carbocycles. The third-order valence-electron chi connectivity index (χ3n) is 6.98. The molecular formula is C29H27N7O. The minimum atomic E-state index is -0.152. The standard InChI is InChI=1S/C29H27N7O/c1-18-14-23-24(35-28(18)30)15-25(34-23)29(37)36(26-9-4-6-19-7-5-13-32-27(19)26)17-21-11-10-20(16-33-21)22-8-2-3-12-31-22/h2-3,5,7-8,10-16,26,34H,4,6,9,17H2,1H3,(H2,30,35). The van der Waals surface area contributed by atoms with E-state index in [-0.39, 0.29) is 11.9 Å². The quantitative estimate of drug-likeness (QED) is 0.358. The van der Waals surface area contributed by atoms with Gasteiger partial charge in [-0.3, -0.25) is 19.7 Å². The van der Waals surface area contributed by atoms with Crippen molar-refractivity contribution in [1.29, 1.82) is 0 Å². The Morgan fingerprint density at radius 2 is 1.97 bits per heavy atom. The molecule has 5 aromatic rings. The van der Waals surface area contributed by atoms with Crippen LogP contribution in [0.1, 0.15) is 51.9 Å². The van der Waals surface area contributed by atoms with Crippen LogP contribution < -0.4 is 5.73 Å². The predicted octanol–water partition coefficient (Wildman–Crippen LogP) is 5.03. The third kappa shape index (κ3) is 4.42. The van der Waals surface area contributed by atoms with Crippen molar-refractivity contribution < 1.29 is 4.79 Å². The maximum Gasteiger partial charge on any atom is 0.271 e. The first-order valence-electron chi connectivity index (χ1n) is 12.4. The molecule has 0 spiro atoms. The van der Waals surface area contributed by atoms with E-state index in [4.69, 9.17) is 15.7 Å². The van der Waals surface area contributed by atoms with Crippen molar-refractivity contribution in [3.8, 4) is 11.3 Å². The number of aromatic nitrogens is 5. The minimum Gasteiger partial charge on any atom is -0.383 e. The third-order valence-corrected chi connectivity index (χ3v) is 6.98. The fourth-order valence-electron chi connectivity index (χ4n) is 5.03. The van der Waals surface area contributed by atoms with Gasteiger partial charge in [0, 0.05) is 24.2 Å². The number of nitrogens with one attached hydrogen (secondary N) is 1. The fraction of sp³-hybridized carbons (Fsp3) is 0.207. The van der Waals surface area contributed by atoms with Gasteiger partial charge in [-0.05, 0) is 79.8 Å². The molecule has 1 unspecified atom stereocenters. The number of fused-ring (bicyclic) bond motifs is 2. The van der Waals surface area contributed by atoms with Crippen molar-refractivity contribution in [1.82, 2.24) is 29.8 Å². The summed E-state index contributed by atoms with van der Waals surface area (Å²) in [7, 11) is 0. The molecule has 8 nitrogen and oxygen atoms in total. The summed E-state index contributed by atoms with van der Waals surface area (Å²) in [5.74, 6) is 0.346. The predicted molar refractivity (Wildman–Crippen MR) is 143 cm³/mol. The van der Waals surface area contributed by atoms with Crippen LogP contribution in [-0.2, 0) is 13.0 Å². The molecule has 0 saturated carbocycles. The van der Waals surface area contributed by atoms with E-state index in [0.29, 0.717) is 23.6 Å². The Labute approximate surface area is 214 Å². The second-order valence-electron chi connectivity index (χ2n) is 9.45. The van der Waals surface area contributed by atoms with Crippen LogP contribution in [0.4, 0.5) is 5.82 Å². The number of H-pyrrole nitrogens is 1. The van der Waals surface area contributed by atoms with Crippen LogP contribution in [0, 0.1) is 6.92 Å². The number of carbonyl (C=O) groups is 1. The maximum absolute atomic E-state index is 14.1. The molecule has 0 saturated heterocycles. The number of amides is 1. The lowest BCUT2D eigenvalue weighted by molar-refractivity contribution is 0.0624. The number of rotatable bonds is 5. The summed E-state index contributed by atoms with van der Waals surface area (Å²) in [6, 6.07) is 17.4. The van der Waals surface area contributed by atoms with Crippen LogP contribution in [0.25, 0.3) is 22.3 Å². The smallest absolute Gasteiger partial charge is 0.271 e. The van der Waals surface area contributed by atoms with Crippen molar-refractivity contribution in [2.45, 2.75) is 38.8 Å². The lowest BCUT2D eigenvalue weighted by atomic mass is 9.90. The van der Waals surface area contributed by atoms with Gasteiger partial charge in [-0.15, -0.1) is 0 Å². The largest absolute Gasteiger partial charge is 0.383 e. The van der Waals surface area contributed by atoms with Crippen molar-refractivity contribution >= 4 is 22.8 Å². The lowest BCUT2D eigenvalue weighted by Crippen LogP contribution is -2.37. The van der Waals surface area contributed by atoms with E-state index >= 15 is 0 Å². The Bertz CT molecular complexity index is 1540. The van der Waals surface area contributed by atoms with Crippen LogP contribution in [-0.4, -0.2) is 35.7 Å². The van der Waals surface area contributed by atoms with Crippen molar-refractivity contribution in [3.63, 3.8) is 0 Å². The second-order valence-corrected chi connectivity index (χ2v) is 9.45. The van der Waals surface area contributed by atoms with Gasteiger partial charge in [0.15, 0.2) is 0 Å². The first kappa shape index (κ1) is 22.8. The summed E-state index contributed by atoms with van der Waals surface area (Å²) in [4.78, 5) is 37.5. The molecule has 6 rings (SSSR count). The highest BCUT2D eigenvalue weighted by atomic mass is 16.2. The number of nitrogen functional groups attached to an aromatic ring is 1. The van der Waals surface area contributed by atoms with Gasteiger partial charge in [0.05, 0.1) is 40.7 Å². The number of nitrogens with two attached hydrogens (primary N) is 1. The molecule has 0 aliphatic heterocycles. The number of carbonyl (C=O) groups excluding carboxylic acids is 1. The van der Waals surface area contributed by atoms with E-state index in [1.165, 1.54) is 5.56 Å². The zero-order valence-electron chi connectivity index (χ0n) is 20.6. The number of aromatic amines is 1. The Morgan fingerprint density at radius 1 is 1.08 bits per heavy atom. The topological polar surface area (TPSA) is 114 Å². The van der Waals surface area contributed by atoms with Crippen LogP contribution in [0.15, 0.2) is 73.2 Å². The molecule has 0 radical (unpaired) electrons. The van der Waals surface area contributed by atoms with E-state index < -0.39 is 0 Å². The summed E-state index contributed by atoms with van der Waals surface area (Å²) >= 11 is 0. The fourth-order valence-corrected chi connectivity index (χ4v) is 5.03. The zero-order valence-corrected chi connectivity index (χ0v) is 20.6. The van der Waals surface area contributed by atoms with Gasteiger partial charge in [0.1, 0.15) is 11.5 Å². The first-order valence-corrected chi connectivity index (χ1v) is 12.4. The van der Waals surface area contributed by atoms with E-state index in [9.17, 15) is 4.79 Å². The molecule has 5 heterocycles. The van der Waals surface area contributed by atoms with E-state index in [0.717, 1.165) is 53.0 Å². The molecule has 37 heavy (non-hydrogen) atoms. The van der Waals surface area contributed by atoms with Gasteiger partial charge in [-0.25, -0.2) is 4.98 Å².